The van der Waals surface area contributed by atoms with Crippen LogP contribution in [0.5, 0.6) is 11.5 Å². The molecule has 0 bridgehead atoms. The van der Waals surface area contributed by atoms with Crippen LogP contribution in [-0.2, 0) is 0 Å². The summed E-state index contributed by atoms with van der Waals surface area (Å²) in [5.41, 5.74) is 7.41. The maximum atomic E-state index is 6.42. The number of benzene rings is 1. The van der Waals surface area contributed by atoms with Gasteiger partial charge < -0.3 is 15.2 Å². The van der Waals surface area contributed by atoms with E-state index in [9.17, 15) is 0 Å². The monoisotopic (exact) mass is 309 g/mol. The molecule has 0 aromatic heterocycles. The maximum Gasteiger partial charge on any atom is 0.162 e. The molecule has 0 saturated heterocycles. The number of ether oxygens (including phenoxy) is 2. The summed E-state index contributed by atoms with van der Waals surface area (Å²) in [5.74, 6) is 2.26. The van der Waals surface area contributed by atoms with Crippen molar-refractivity contribution < 1.29 is 9.47 Å². The topological polar surface area (TPSA) is 44.5 Å². The molecule has 4 heteroatoms. The van der Waals surface area contributed by atoms with Gasteiger partial charge in [0.25, 0.3) is 0 Å². The predicted molar refractivity (Wildman–Crippen MR) is 85.2 cm³/mol. The third-order valence-electron chi connectivity index (χ3n) is 4.58. The SMILES string of the molecule is NC(CC1CCCCC1)c1cc2c(cc1Cl)OCCCO2. The van der Waals surface area contributed by atoms with E-state index in [0.717, 1.165) is 35.8 Å². The van der Waals surface area contributed by atoms with Crippen LogP contribution in [0, 0.1) is 5.92 Å². The lowest BCUT2D eigenvalue weighted by Crippen LogP contribution is -2.18. The number of fused-ring (bicyclic) bond motifs is 1. The average molecular weight is 310 g/mol. The van der Waals surface area contributed by atoms with Crippen molar-refractivity contribution in [2.75, 3.05) is 13.2 Å². The van der Waals surface area contributed by atoms with E-state index in [0.29, 0.717) is 18.2 Å². The van der Waals surface area contributed by atoms with E-state index in [2.05, 4.69) is 0 Å². The molecule has 1 heterocycles. The predicted octanol–water partition coefficient (Wildman–Crippen LogP) is 4.47. The van der Waals surface area contributed by atoms with Crippen LogP contribution >= 0.6 is 11.6 Å². The molecule has 0 amide bonds. The molecule has 1 aromatic carbocycles. The van der Waals surface area contributed by atoms with Crippen LogP contribution in [0.2, 0.25) is 5.02 Å². The zero-order chi connectivity index (χ0) is 14.7. The van der Waals surface area contributed by atoms with Crippen LogP contribution in [-0.4, -0.2) is 13.2 Å². The Hall–Kier alpha value is -0.930. The highest BCUT2D eigenvalue weighted by atomic mass is 35.5. The molecule has 2 N–H and O–H groups in total. The lowest BCUT2D eigenvalue weighted by atomic mass is 9.83. The Morgan fingerprint density at radius 1 is 1.05 bits per heavy atom. The van der Waals surface area contributed by atoms with Gasteiger partial charge in [-0.1, -0.05) is 43.7 Å². The van der Waals surface area contributed by atoms with Crippen molar-refractivity contribution in [1.29, 1.82) is 0 Å². The molecule has 2 aliphatic rings. The van der Waals surface area contributed by atoms with E-state index in [1.807, 2.05) is 12.1 Å². The van der Waals surface area contributed by atoms with Gasteiger partial charge in [-0.05, 0) is 24.0 Å². The third kappa shape index (κ3) is 3.64. The van der Waals surface area contributed by atoms with Crippen molar-refractivity contribution in [3.63, 3.8) is 0 Å². The van der Waals surface area contributed by atoms with Crippen LogP contribution in [0.1, 0.15) is 56.6 Å². The van der Waals surface area contributed by atoms with Gasteiger partial charge in [0.1, 0.15) is 0 Å². The summed E-state index contributed by atoms with van der Waals surface area (Å²) in [6, 6.07) is 3.83. The Balaban J connectivity index is 1.75. The van der Waals surface area contributed by atoms with E-state index in [1.165, 1.54) is 32.1 Å². The summed E-state index contributed by atoms with van der Waals surface area (Å²) in [6.07, 6.45) is 8.57. The average Bonchev–Trinajstić information content (AvgIpc) is 2.72. The molecule has 1 aliphatic heterocycles. The van der Waals surface area contributed by atoms with Gasteiger partial charge in [-0.15, -0.1) is 0 Å². The maximum absolute atomic E-state index is 6.42. The number of nitrogens with two attached hydrogens (primary N) is 1. The van der Waals surface area contributed by atoms with E-state index in [4.69, 9.17) is 26.8 Å². The minimum Gasteiger partial charge on any atom is -0.490 e. The molecular formula is C17H24ClNO2. The van der Waals surface area contributed by atoms with Crippen molar-refractivity contribution in [3.8, 4) is 11.5 Å². The third-order valence-corrected chi connectivity index (χ3v) is 4.91. The first-order valence-corrected chi connectivity index (χ1v) is 8.46. The van der Waals surface area contributed by atoms with Crippen molar-refractivity contribution in [1.82, 2.24) is 0 Å². The fourth-order valence-corrected chi connectivity index (χ4v) is 3.69. The number of rotatable bonds is 3. The van der Waals surface area contributed by atoms with Gasteiger partial charge in [0.15, 0.2) is 11.5 Å². The van der Waals surface area contributed by atoms with E-state index < -0.39 is 0 Å². The first-order valence-electron chi connectivity index (χ1n) is 8.08. The molecule has 1 aromatic rings. The fraction of sp³-hybridized carbons (Fsp3) is 0.647. The van der Waals surface area contributed by atoms with Crippen molar-refractivity contribution >= 4 is 11.6 Å². The van der Waals surface area contributed by atoms with Crippen LogP contribution in [0.25, 0.3) is 0 Å². The molecule has 0 spiro atoms. The van der Waals surface area contributed by atoms with Crippen molar-refractivity contribution in [2.24, 2.45) is 11.7 Å². The molecule has 1 fully saturated rings. The van der Waals surface area contributed by atoms with Crippen LogP contribution in [0.4, 0.5) is 0 Å². The van der Waals surface area contributed by atoms with Gasteiger partial charge in [-0.2, -0.15) is 0 Å². The number of halogens is 1. The lowest BCUT2D eigenvalue weighted by molar-refractivity contribution is 0.296. The summed E-state index contributed by atoms with van der Waals surface area (Å²) in [6.45, 7) is 1.36. The first-order chi connectivity index (χ1) is 10.2. The van der Waals surface area contributed by atoms with Crippen molar-refractivity contribution in [3.05, 3.63) is 22.7 Å². The second-order valence-electron chi connectivity index (χ2n) is 6.22. The van der Waals surface area contributed by atoms with E-state index >= 15 is 0 Å². The molecule has 1 aliphatic carbocycles. The molecule has 21 heavy (non-hydrogen) atoms. The molecule has 3 nitrogen and oxygen atoms in total. The highest BCUT2D eigenvalue weighted by Gasteiger charge is 2.22. The van der Waals surface area contributed by atoms with Gasteiger partial charge in [-0.3, -0.25) is 0 Å². The first kappa shape index (κ1) is 15.0. The van der Waals surface area contributed by atoms with Gasteiger partial charge >= 0.3 is 0 Å². The summed E-state index contributed by atoms with van der Waals surface area (Å²) >= 11 is 6.41. The molecule has 1 unspecified atom stereocenters. The van der Waals surface area contributed by atoms with Gasteiger partial charge in [0.2, 0.25) is 0 Å². The van der Waals surface area contributed by atoms with Crippen molar-refractivity contribution in [2.45, 2.75) is 51.0 Å². The molecule has 1 atom stereocenters. The summed E-state index contributed by atoms with van der Waals surface area (Å²) < 4.78 is 11.4. The zero-order valence-corrected chi connectivity index (χ0v) is 13.2. The Labute approximate surface area is 131 Å². The molecule has 0 radical (unpaired) electrons. The largest absolute Gasteiger partial charge is 0.490 e. The van der Waals surface area contributed by atoms with E-state index in [-0.39, 0.29) is 6.04 Å². The van der Waals surface area contributed by atoms with Crippen LogP contribution < -0.4 is 15.2 Å². The van der Waals surface area contributed by atoms with Gasteiger partial charge in [0, 0.05) is 23.6 Å². The molecule has 1 saturated carbocycles. The summed E-state index contributed by atoms with van der Waals surface area (Å²) in [4.78, 5) is 0. The van der Waals surface area contributed by atoms with Crippen LogP contribution in [0.3, 0.4) is 0 Å². The summed E-state index contributed by atoms with van der Waals surface area (Å²) in [7, 11) is 0. The highest BCUT2D eigenvalue weighted by Crippen LogP contribution is 2.39. The second kappa shape index (κ2) is 6.89. The molecule has 116 valence electrons. The van der Waals surface area contributed by atoms with Gasteiger partial charge in [-0.25, -0.2) is 0 Å². The highest BCUT2D eigenvalue weighted by molar-refractivity contribution is 6.31. The molecular weight excluding hydrogens is 286 g/mol. The normalized spacial score (nSPS) is 20.9. The smallest absolute Gasteiger partial charge is 0.162 e. The Kier molecular flexibility index (Phi) is 4.91. The number of hydrogen-bond acceptors (Lipinski definition) is 3. The molecule has 3 rings (SSSR count). The van der Waals surface area contributed by atoms with E-state index in [1.54, 1.807) is 0 Å². The Morgan fingerprint density at radius 2 is 1.71 bits per heavy atom. The number of hydrogen-bond donors (Lipinski definition) is 1. The quantitative estimate of drug-likeness (QED) is 0.896. The summed E-state index contributed by atoms with van der Waals surface area (Å²) in [5, 5.41) is 0.697. The Bertz CT molecular complexity index is 486. The minimum atomic E-state index is -0.0160. The lowest BCUT2D eigenvalue weighted by Gasteiger charge is -2.25. The Morgan fingerprint density at radius 3 is 2.43 bits per heavy atom. The second-order valence-corrected chi connectivity index (χ2v) is 6.62. The standard InChI is InChI=1S/C17H24ClNO2/c18-14-11-17-16(20-7-4-8-21-17)10-13(14)15(19)9-12-5-2-1-3-6-12/h10-12,15H,1-9,19H2. The minimum absolute atomic E-state index is 0.0160. The zero-order valence-electron chi connectivity index (χ0n) is 12.4. The van der Waals surface area contributed by atoms with Crippen LogP contribution in [0.15, 0.2) is 12.1 Å². The fourth-order valence-electron chi connectivity index (χ4n) is 3.39. The van der Waals surface area contributed by atoms with Gasteiger partial charge in [0.05, 0.1) is 13.2 Å².